The molecule has 0 aliphatic heterocycles. The number of amides is 2. The Morgan fingerprint density at radius 2 is 2.00 bits per heavy atom. The Labute approximate surface area is 121 Å². The van der Waals surface area contributed by atoms with Crippen molar-refractivity contribution >= 4 is 17.6 Å². The minimum Gasteiger partial charge on any atom is -0.360 e. The van der Waals surface area contributed by atoms with Gasteiger partial charge in [0.15, 0.2) is 5.82 Å². The third-order valence-corrected chi connectivity index (χ3v) is 2.54. The zero-order chi connectivity index (χ0) is 15.2. The van der Waals surface area contributed by atoms with Gasteiger partial charge in [-0.1, -0.05) is 11.2 Å². The van der Waals surface area contributed by atoms with Crippen molar-refractivity contribution in [2.75, 3.05) is 11.9 Å². The second-order valence-electron chi connectivity index (χ2n) is 4.24. The molecule has 0 bridgehead atoms. The molecule has 0 atom stereocenters. The molecule has 0 fully saturated rings. The highest BCUT2D eigenvalue weighted by molar-refractivity contribution is 6.05. The van der Waals surface area contributed by atoms with Crippen LogP contribution in [0.15, 0.2) is 41.7 Å². The van der Waals surface area contributed by atoms with E-state index in [-0.39, 0.29) is 11.5 Å². The molecule has 2 aromatic heterocycles. The lowest BCUT2D eigenvalue weighted by Gasteiger charge is -2.04. The molecule has 7 nitrogen and oxygen atoms in total. The van der Waals surface area contributed by atoms with E-state index < -0.39 is 5.91 Å². The molecule has 0 saturated carbocycles. The van der Waals surface area contributed by atoms with Gasteiger partial charge in [-0.15, -0.1) is 6.58 Å². The van der Waals surface area contributed by atoms with E-state index in [1.54, 1.807) is 19.1 Å². The van der Waals surface area contributed by atoms with E-state index in [0.717, 1.165) is 0 Å². The smallest absolute Gasteiger partial charge is 0.258 e. The molecule has 0 radical (unpaired) electrons. The van der Waals surface area contributed by atoms with E-state index in [2.05, 4.69) is 27.4 Å². The van der Waals surface area contributed by atoms with Gasteiger partial charge in [0, 0.05) is 25.0 Å². The Morgan fingerprint density at radius 3 is 2.62 bits per heavy atom. The predicted octanol–water partition coefficient (Wildman–Crippen LogP) is 1.55. The van der Waals surface area contributed by atoms with Crippen molar-refractivity contribution in [2.45, 2.75) is 6.92 Å². The van der Waals surface area contributed by atoms with Crippen LogP contribution in [0, 0.1) is 6.92 Å². The maximum atomic E-state index is 12.0. The molecule has 2 amide bonds. The molecule has 2 heterocycles. The SMILES string of the molecule is C=CCNC(=O)c1cncc(C(=O)Nc2cc(C)on2)c1. The fourth-order valence-corrected chi connectivity index (χ4v) is 1.57. The predicted molar refractivity (Wildman–Crippen MR) is 76.0 cm³/mol. The van der Waals surface area contributed by atoms with Gasteiger partial charge in [-0.2, -0.15) is 0 Å². The monoisotopic (exact) mass is 286 g/mol. The summed E-state index contributed by atoms with van der Waals surface area (Å²) in [6, 6.07) is 3.04. The number of aromatic nitrogens is 2. The van der Waals surface area contributed by atoms with Gasteiger partial charge < -0.3 is 15.2 Å². The first-order chi connectivity index (χ1) is 10.1. The van der Waals surface area contributed by atoms with Crippen LogP contribution in [0.2, 0.25) is 0 Å². The average Bonchev–Trinajstić information content (AvgIpc) is 2.90. The van der Waals surface area contributed by atoms with E-state index in [4.69, 9.17) is 4.52 Å². The molecular formula is C14H14N4O3. The quantitative estimate of drug-likeness (QED) is 0.813. The van der Waals surface area contributed by atoms with Crippen molar-refractivity contribution in [3.63, 3.8) is 0 Å². The Hall–Kier alpha value is -2.96. The van der Waals surface area contributed by atoms with Crippen LogP contribution in [0.3, 0.4) is 0 Å². The Morgan fingerprint density at radius 1 is 1.29 bits per heavy atom. The standard InChI is InChI=1S/C14H14N4O3/c1-3-4-16-13(19)10-6-11(8-15-7-10)14(20)17-12-5-9(2)21-18-12/h3,5-8H,1,4H2,2H3,(H,16,19)(H,17,18,20). The van der Waals surface area contributed by atoms with E-state index >= 15 is 0 Å². The molecule has 0 saturated heterocycles. The number of hydrogen-bond donors (Lipinski definition) is 2. The highest BCUT2D eigenvalue weighted by Gasteiger charge is 2.12. The van der Waals surface area contributed by atoms with Gasteiger partial charge >= 0.3 is 0 Å². The van der Waals surface area contributed by atoms with Gasteiger partial charge in [-0.25, -0.2) is 0 Å². The minimum atomic E-state index is -0.422. The lowest BCUT2D eigenvalue weighted by Crippen LogP contribution is -2.24. The Kier molecular flexibility index (Phi) is 4.45. The van der Waals surface area contributed by atoms with Crippen molar-refractivity contribution < 1.29 is 14.1 Å². The molecule has 0 unspecified atom stereocenters. The number of carbonyl (C=O) groups excluding carboxylic acids is 2. The zero-order valence-electron chi connectivity index (χ0n) is 11.4. The zero-order valence-corrected chi connectivity index (χ0v) is 11.4. The summed E-state index contributed by atoms with van der Waals surface area (Å²) in [7, 11) is 0. The summed E-state index contributed by atoms with van der Waals surface area (Å²) in [6.07, 6.45) is 4.32. The van der Waals surface area contributed by atoms with Gasteiger partial charge in [0.1, 0.15) is 5.76 Å². The first kappa shape index (κ1) is 14.4. The first-order valence-electron chi connectivity index (χ1n) is 6.19. The van der Waals surface area contributed by atoms with Crippen LogP contribution in [0.1, 0.15) is 26.5 Å². The minimum absolute atomic E-state index is 0.252. The molecule has 21 heavy (non-hydrogen) atoms. The fraction of sp³-hybridized carbons (Fsp3) is 0.143. The van der Waals surface area contributed by atoms with E-state index in [9.17, 15) is 9.59 Å². The highest BCUT2D eigenvalue weighted by Crippen LogP contribution is 2.10. The van der Waals surface area contributed by atoms with Gasteiger partial charge in [0.05, 0.1) is 11.1 Å². The van der Waals surface area contributed by atoms with Crippen molar-refractivity contribution in [3.8, 4) is 0 Å². The van der Waals surface area contributed by atoms with Crippen LogP contribution < -0.4 is 10.6 Å². The molecule has 0 aliphatic rings. The lowest BCUT2D eigenvalue weighted by atomic mass is 10.2. The summed E-state index contributed by atoms with van der Waals surface area (Å²) in [5.41, 5.74) is 0.544. The second-order valence-corrected chi connectivity index (χ2v) is 4.24. The van der Waals surface area contributed by atoms with E-state index in [1.165, 1.54) is 18.5 Å². The fourth-order valence-electron chi connectivity index (χ4n) is 1.57. The summed E-state index contributed by atoms with van der Waals surface area (Å²) in [5, 5.41) is 8.83. The largest absolute Gasteiger partial charge is 0.360 e. The van der Waals surface area contributed by atoms with Crippen LogP contribution >= 0.6 is 0 Å². The van der Waals surface area contributed by atoms with Crippen molar-refractivity contribution in [3.05, 3.63) is 54.1 Å². The maximum absolute atomic E-state index is 12.0. The highest BCUT2D eigenvalue weighted by atomic mass is 16.5. The lowest BCUT2D eigenvalue weighted by molar-refractivity contribution is 0.0957. The van der Waals surface area contributed by atoms with Gasteiger partial charge in [0.2, 0.25) is 0 Å². The molecule has 2 rings (SSSR count). The van der Waals surface area contributed by atoms with Crippen molar-refractivity contribution in [1.29, 1.82) is 0 Å². The number of nitrogens with one attached hydrogen (secondary N) is 2. The molecule has 0 aromatic carbocycles. The number of rotatable bonds is 5. The molecule has 108 valence electrons. The third kappa shape index (κ3) is 3.75. The number of hydrogen-bond acceptors (Lipinski definition) is 5. The van der Waals surface area contributed by atoms with Crippen molar-refractivity contribution in [1.82, 2.24) is 15.5 Å². The Balaban J connectivity index is 2.11. The van der Waals surface area contributed by atoms with E-state index in [1.807, 2.05) is 0 Å². The summed E-state index contributed by atoms with van der Waals surface area (Å²) in [4.78, 5) is 27.7. The molecule has 7 heteroatoms. The van der Waals surface area contributed by atoms with Crippen LogP contribution in [0.4, 0.5) is 5.82 Å². The maximum Gasteiger partial charge on any atom is 0.258 e. The van der Waals surface area contributed by atoms with Crippen molar-refractivity contribution in [2.24, 2.45) is 0 Å². The van der Waals surface area contributed by atoms with Gasteiger partial charge in [-0.3, -0.25) is 14.6 Å². The van der Waals surface area contributed by atoms with Crippen LogP contribution in [-0.2, 0) is 0 Å². The Bertz CT molecular complexity index is 678. The van der Waals surface area contributed by atoms with Crippen LogP contribution in [0.25, 0.3) is 0 Å². The number of anilines is 1. The van der Waals surface area contributed by atoms with E-state index in [0.29, 0.717) is 23.7 Å². The number of carbonyl (C=O) groups is 2. The first-order valence-corrected chi connectivity index (χ1v) is 6.19. The summed E-state index contributed by atoms with van der Waals surface area (Å²) < 4.78 is 4.85. The summed E-state index contributed by atoms with van der Waals surface area (Å²) >= 11 is 0. The van der Waals surface area contributed by atoms with Crippen LogP contribution in [-0.4, -0.2) is 28.5 Å². The molecule has 0 spiro atoms. The molecule has 2 N–H and O–H groups in total. The van der Waals surface area contributed by atoms with Gasteiger partial charge in [-0.05, 0) is 13.0 Å². The topological polar surface area (TPSA) is 97.1 Å². The summed E-state index contributed by atoms with van der Waals surface area (Å²) in [6.45, 7) is 5.57. The number of pyridine rings is 1. The summed E-state index contributed by atoms with van der Waals surface area (Å²) in [5.74, 6) is 0.142. The normalized spacial score (nSPS) is 9.95. The number of nitrogens with zero attached hydrogens (tertiary/aromatic N) is 2. The molecular weight excluding hydrogens is 272 g/mol. The molecule has 2 aromatic rings. The molecule has 0 aliphatic carbocycles. The second kappa shape index (κ2) is 6.47. The number of aryl methyl sites for hydroxylation is 1. The average molecular weight is 286 g/mol. The van der Waals surface area contributed by atoms with Gasteiger partial charge in [0.25, 0.3) is 11.8 Å². The third-order valence-electron chi connectivity index (χ3n) is 2.54. The van der Waals surface area contributed by atoms with Crippen LogP contribution in [0.5, 0.6) is 0 Å².